The number of halogens is 3. The number of hydrogen-bond acceptors (Lipinski definition) is 6. The number of hydrogen-bond donors (Lipinski definition) is 2. The third-order valence-corrected chi connectivity index (χ3v) is 5.63. The first-order valence-corrected chi connectivity index (χ1v) is 9.74. The Morgan fingerprint density at radius 2 is 1.94 bits per heavy atom. The Balaban J connectivity index is 2.09. The maximum Gasteiger partial charge on any atom is 0.417 e. The van der Waals surface area contributed by atoms with Crippen molar-refractivity contribution in [1.82, 2.24) is 9.38 Å². The summed E-state index contributed by atoms with van der Waals surface area (Å²) in [6, 6.07) is 2.02. The van der Waals surface area contributed by atoms with E-state index in [-0.39, 0.29) is 44.6 Å². The number of imidazole rings is 1. The SMILES string of the molecule is CCOC(=O)c1c(NC(=O)c2c(C)nc3ccc(C(F)(F)F)cn23)sc(C(N)=O)c1C. The zero-order valence-corrected chi connectivity index (χ0v) is 17.4. The minimum absolute atomic E-state index is 0.00363. The topological polar surface area (TPSA) is 116 Å². The largest absolute Gasteiger partial charge is 0.462 e. The number of thiophene rings is 1. The average molecular weight is 454 g/mol. The Kier molecular flexibility index (Phi) is 5.77. The van der Waals surface area contributed by atoms with Crippen LogP contribution < -0.4 is 11.1 Å². The second kappa shape index (κ2) is 8.02. The van der Waals surface area contributed by atoms with E-state index in [1.54, 1.807) is 6.92 Å². The van der Waals surface area contributed by atoms with E-state index in [0.29, 0.717) is 0 Å². The molecule has 12 heteroatoms. The van der Waals surface area contributed by atoms with Crippen molar-refractivity contribution in [3.63, 3.8) is 0 Å². The number of carbonyl (C=O) groups excluding carboxylic acids is 3. The lowest BCUT2D eigenvalue weighted by atomic mass is 10.1. The third kappa shape index (κ3) is 4.10. The molecule has 2 amide bonds. The van der Waals surface area contributed by atoms with Crippen LogP contribution in [0.5, 0.6) is 0 Å². The standard InChI is InChI=1S/C19H17F3N4O4S/c1-4-30-18(29)12-8(2)14(15(23)27)31-17(12)25-16(28)13-9(3)24-11-6-5-10(7-26(11)13)19(20,21)22/h5-7H,4H2,1-3H3,(H2,23,27)(H,25,28). The molecule has 0 fully saturated rings. The Labute approximate surface area is 177 Å². The summed E-state index contributed by atoms with van der Waals surface area (Å²) in [5.74, 6) is -2.38. The van der Waals surface area contributed by atoms with Crippen molar-refractivity contribution >= 4 is 39.8 Å². The van der Waals surface area contributed by atoms with Crippen molar-refractivity contribution in [2.75, 3.05) is 11.9 Å². The van der Waals surface area contributed by atoms with Gasteiger partial charge in [0.1, 0.15) is 16.3 Å². The fraction of sp³-hybridized carbons (Fsp3) is 0.263. The number of aryl methyl sites for hydroxylation is 1. The minimum Gasteiger partial charge on any atom is -0.462 e. The number of nitrogens with one attached hydrogen (secondary N) is 1. The highest BCUT2D eigenvalue weighted by Gasteiger charge is 2.32. The molecule has 0 atom stereocenters. The molecule has 3 aromatic heterocycles. The number of rotatable bonds is 5. The molecule has 0 aliphatic carbocycles. The first-order valence-electron chi connectivity index (χ1n) is 8.93. The molecule has 164 valence electrons. The van der Waals surface area contributed by atoms with E-state index < -0.39 is 29.5 Å². The average Bonchev–Trinajstić information content (AvgIpc) is 3.16. The van der Waals surface area contributed by atoms with E-state index in [9.17, 15) is 27.6 Å². The molecule has 0 radical (unpaired) electrons. The van der Waals surface area contributed by atoms with Crippen LogP contribution in [-0.4, -0.2) is 33.8 Å². The van der Waals surface area contributed by atoms with Crippen molar-refractivity contribution in [1.29, 1.82) is 0 Å². The van der Waals surface area contributed by atoms with E-state index in [4.69, 9.17) is 10.5 Å². The number of primary amides is 1. The van der Waals surface area contributed by atoms with Gasteiger partial charge in [-0.25, -0.2) is 9.78 Å². The number of amides is 2. The van der Waals surface area contributed by atoms with Crippen LogP contribution >= 0.6 is 11.3 Å². The number of fused-ring (bicyclic) bond motifs is 1. The molecule has 0 unspecified atom stereocenters. The smallest absolute Gasteiger partial charge is 0.417 e. The van der Waals surface area contributed by atoms with Gasteiger partial charge in [-0.2, -0.15) is 13.2 Å². The second-order valence-corrected chi connectivity index (χ2v) is 7.51. The van der Waals surface area contributed by atoms with Crippen LogP contribution in [0.15, 0.2) is 18.3 Å². The number of nitrogens with two attached hydrogens (primary N) is 1. The number of esters is 1. The Bertz CT molecular complexity index is 1210. The minimum atomic E-state index is -4.61. The van der Waals surface area contributed by atoms with Crippen molar-refractivity contribution in [3.05, 3.63) is 51.3 Å². The van der Waals surface area contributed by atoms with Gasteiger partial charge in [0, 0.05) is 6.20 Å². The number of alkyl halides is 3. The summed E-state index contributed by atoms with van der Waals surface area (Å²) in [7, 11) is 0. The predicted octanol–water partition coefficient (Wildman–Crippen LogP) is 3.56. The van der Waals surface area contributed by atoms with E-state index in [1.165, 1.54) is 13.8 Å². The lowest BCUT2D eigenvalue weighted by molar-refractivity contribution is -0.137. The quantitative estimate of drug-likeness (QED) is 0.572. The van der Waals surface area contributed by atoms with Gasteiger partial charge in [-0.05, 0) is 38.5 Å². The van der Waals surface area contributed by atoms with Gasteiger partial charge < -0.3 is 15.8 Å². The summed E-state index contributed by atoms with van der Waals surface area (Å²) in [5, 5.41) is 2.48. The Hall–Kier alpha value is -3.41. The summed E-state index contributed by atoms with van der Waals surface area (Å²) in [6.45, 7) is 4.59. The first kappa shape index (κ1) is 22.3. The van der Waals surface area contributed by atoms with Gasteiger partial charge in [-0.3, -0.25) is 14.0 Å². The number of pyridine rings is 1. The molecule has 0 bridgehead atoms. The van der Waals surface area contributed by atoms with Gasteiger partial charge in [0.05, 0.1) is 28.3 Å². The second-order valence-electron chi connectivity index (χ2n) is 6.49. The molecule has 3 heterocycles. The summed E-state index contributed by atoms with van der Waals surface area (Å²) < 4.78 is 45.3. The molecule has 3 N–H and O–H groups in total. The molecule has 0 aromatic carbocycles. The van der Waals surface area contributed by atoms with E-state index >= 15 is 0 Å². The molecule has 0 spiro atoms. The van der Waals surface area contributed by atoms with Gasteiger partial charge in [-0.1, -0.05) is 0 Å². The van der Waals surface area contributed by atoms with Crippen LogP contribution in [0.4, 0.5) is 18.2 Å². The first-order chi connectivity index (χ1) is 14.5. The molecule has 3 rings (SSSR count). The van der Waals surface area contributed by atoms with Crippen molar-refractivity contribution in [3.8, 4) is 0 Å². The maximum absolute atomic E-state index is 13.1. The number of carbonyl (C=O) groups is 3. The Morgan fingerprint density at radius 1 is 1.26 bits per heavy atom. The van der Waals surface area contributed by atoms with Crippen LogP contribution in [0.25, 0.3) is 5.65 Å². The maximum atomic E-state index is 13.1. The molecule has 0 aliphatic rings. The van der Waals surface area contributed by atoms with Crippen LogP contribution in [0.1, 0.15) is 54.3 Å². The third-order valence-electron chi connectivity index (χ3n) is 4.41. The predicted molar refractivity (Wildman–Crippen MR) is 106 cm³/mol. The summed E-state index contributed by atoms with van der Waals surface area (Å²) in [5.41, 5.74) is 4.74. The number of aromatic nitrogens is 2. The molecular formula is C19H17F3N4O4S. The number of nitrogens with zero attached hydrogens (tertiary/aromatic N) is 2. The van der Waals surface area contributed by atoms with Crippen LogP contribution in [0.2, 0.25) is 0 Å². The van der Waals surface area contributed by atoms with Crippen molar-refractivity contribution < 1.29 is 32.3 Å². The molecule has 3 aromatic rings. The summed E-state index contributed by atoms with van der Waals surface area (Å²) in [4.78, 5) is 41.2. The highest BCUT2D eigenvalue weighted by atomic mass is 32.1. The summed E-state index contributed by atoms with van der Waals surface area (Å²) in [6.07, 6.45) is -3.84. The number of anilines is 1. The van der Waals surface area contributed by atoms with Crippen LogP contribution in [-0.2, 0) is 10.9 Å². The van der Waals surface area contributed by atoms with Gasteiger partial charge in [0.2, 0.25) is 0 Å². The zero-order chi connectivity index (χ0) is 23.1. The lowest BCUT2D eigenvalue weighted by Crippen LogP contribution is -2.18. The Morgan fingerprint density at radius 3 is 2.52 bits per heavy atom. The van der Waals surface area contributed by atoms with E-state index in [2.05, 4.69) is 10.3 Å². The van der Waals surface area contributed by atoms with E-state index in [0.717, 1.165) is 34.1 Å². The fourth-order valence-electron chi connectivity index (χ4n) is 3.05. The highest BCUT2D eigenvalue weighted by Crippen LogP contribution is 2.34. The molecule has 0 aliphatic heterocycles. The fourth-order valence-corrected chi connectivity index (χ4v) is 4.09. The van der Waals surface area contributed by atoms with Crippen molar-refractivity contribution in [2.24, 2.45) is 5.73 Å². The molecule has 31 heavy (non-hydrogen) atoms. The molecule has 0 saturated carbocycles. The van der Waals surface area contributed by atoms with Gasteiger partial charge in [-0.15, -0.1) is 11.3 Å². The molecular weight excluding hydrogens is 437 g/mol. The van der Waals surface area contributed by atoms with Crippen LogP contribution in [0.3, 0.4) is 0 Å². The summed E-state index contributed by atoms with van der Waals surface area (Å²) >= 11 is 0.776. The van der Waals surface area contributed by atoms with Crippen molar-refractivity contribution in [2.45, 2.75) is 26.9 Å². The van der Waals surface area contributed by atoms with Gasteiger partial charge in [0.15, 0.2) is 0 Å². The lowest BCUT2D eigenvalue weighted by Gasteiger charge is -2.10. The monoisotopic (exact) mass is 454 g/mol. The molecule has 8 nitrogen and oxygen atoms in total. The van der Waals surface area contributed by atoms with E-state index in [1.807, 2.05) is 0 Å². The normalized spacial score (nSPS) is 11.5. The van der Waals surface area contributed by atoms with Gasteiger partial charge in [0.25, 0.3) is 11.8 Å². The highest BCUT2D eigenvalue weighted by molar-refractivity contribution is 7.18. The number of ether oxygens (including phenoxy) is 1. The van der Waals surface area contributed by atoms with Gasteiger partial charge >= 0.3 is 12.1 Å². The zero-order valence-electron chi connectivity index (χ0n) is 16.6. The van der Waals surface area contributed by atoms with Crippen LogP contribution in [0, 0.1) is 13.8 Å². The molecule has 0 saturated heterocycles.